The number of nitrogens with one attached hydrogen (secondary N) is 2. The molecule has 2 rings (SSSR count). The molecule has 1 amide bonds. The first-order valence-electron chi connectivity index (χ1n) is 6.69. The highest BCUT2D eigenvalue weighted by Crippen LogP contribution is 2.33. The van der Waals surface area contributed by atoms with E-state index in [0.717, 1.165) is 31.5 Å². The highest BCUT2D eigenvalue weighted by molar-refractivity contribution is 6.31. The number of halogens is 4. The number of carbonyl (C=O) groups is 1. The van der Waals surface area contributed by atoms with E-state index in [-0.39, 0.29) is 22.5 Å². The van der Waals surface area contributed by atoms with Gasteiger partial charge in [0.15, 0.2) is 0 Å². The van der Waals surface area contributed by atoms with E-state index in [2.05, 4.69) is 10.6 Å². The molecule has 0 spiro atoms. The summed E-state index contributed by atoms with van der Waals surface area (Å²) >= 11 is 5.69. The molecule has 21 heavy (non-hydrogen) atoms. The van der Waals surface area contributed by atoms with Gasteiger partial charge in [-0.05, 0) is 43.5 Å². The lowest BCUT2D eigenvalue weighted by molar-refractivity contribution is -0.137. The average Bonchev–Trinajstić information content (AvgIpc) is 2.37. The molecule has 1 saturated heterocycles. The molecule has 1 fully saturated rings. The van der Waals surface area contributed by atoms with Crippen LogP contribution in [0.25, 0.3) is 0 Å². The zero-order chi connectivity index (χ0) is 15.6. The second-order valence-electron chi connectivity index (χ2n) is 5.27. The fraction of sp³-hybridized carbons (Fsp3) is 0.500. The molecule has 1 aromatic rings. The Balaban J connectivity index is 2.15. The lowest BCUT2D eigenvalue weighted by atomic mass is 9.92. The van der Waals surface area contributed by atoms with Crippen LogP contribution in [0.1, 0.15) is 25.3 Å². The standard InChI is InChI=1S/C14H16ClF3N2O/c1-8-3-2-4-19-12(8)13(21)20-11-6-9(14(16,17)18)5-10(15)7-11/h5-8,12,19H,2-4H2,1H3,(H,20,21). The second-order valence-corrected chi connectivity index (χ2v) is 5.70. The topological polar surface area (TPSA) is 41.1 Å². The molecule has 0 radical (unpaired) electrons. The van der Waals surface area contributed by atoms with E-state index in [9.17, 15) is 18.0 Å². The van der Waals surface area contributed by atoms with E-state index in [0.29, 0.717) is 0 Å². The molecule has 7 heteroatoms. The van der Waals surface area contributed by atoms with Crippen molar-refractivity contribution in [1.29, 1.82) is 0 Å². The molecule has 1 aliphatic heterocycles. The third-order valence-electron chi connectivity index (χ3n) is 3.54. The van der Waals surface area contributed by atoms with Crippen LogP contribution in [0.5, 0.6) is 0 Å². The Bertz CT molecular complexity index is 533. The molecule has 0 saturated carbocycles. The fourth-order valence-electron chi connectivity index (χ4n) is 2.45. The van der Waals surface area contributed by atoms with Crippen molar-refractivity contribution in [2.24, 2.45) is 5.92 Å². The van der Waals surface area contributed by atoms with Crippen molar-refractivity contribution in [2.45, 2.75) is 32.0 Å². The van der Waals surface area contributed by atoms with Crippen LogP contribution in [0.4, 0.5) is 18.9 Å². The van der Waals surface area contributed by atoms with Gasteiger partial charge < -0.3 is 10.6 Å². The lowest BCUT2D eigenvalue weighted by Gasteiger charge is -2.29. The summed E-state index contributed by atoms with van der Waals surface area (Å²) in [7, 11) is 0. The Morgan fingerprint density at radius 3 is 2.71 bits per heavy atom. The van der Waals surface area contributed by atoms with Gasteiger partial charge in [0, 0.05) is 10.7 Å². The number of rotatable bonds is 2. The Hall–Kier alpha value is -1.27. The van der Waals surface area contributed by atoms with Gasteiger partial charge in [-0.1, -0.05) is 18.5 Å². The maximum absolute atomic E-state index is 12.7. The van der Waals surface area contributed by atoms with Crippen LogP contribution >= 0.6 is 11.6 Å². The van der Waals surface area contributed by atoms with Crippen LogP contribution in [-0.2, 0) is 11.0 Å². The number of hydrogen-bond donors (Lipinski definition) is 2. The van der Waals surface area contributed by atoms with Crippen LogP contribution in [-0.4, -0.2) is 18.5 Å². The molecule has 1 aromatic carbocycles. The molecule has 2 N–H and O–H groups in total. The molecule has 2 unspecified atom stereocenters. The van der Waals surface area contributed by atoms with Crippen molar-refractivity contribution in [3.63, 3.8) is 0 Å². The largest absolute Gasteiger partial charge is 0.416 e. The molecular formula is C14H16ClF3N2O. The van der Waals surface area contributed by atoms with E-state index in [1.54, 1.807) is 0 Å². The van der Waals surface area contributed by atoms with Gasteiger partial charge in [0.2, 0.25) is 5.91 Å². The second kappa shape index (κ2) is 6.23. The molecule has 116 valence electrons. The first-order chi connectivity index (χ1) is 9.77. The highest BCUT2D eigenvalue weighted by atomic mass is 35.5. The molecule has 2 atom stereocenters. The summed E-state index contributed by atoms with van der Waals surface area (Å²) in [5, 5.41) is 5.53. The third-order valence-corrected chi connectivity index (χ3v) is 3.76. The lowest BCUT2D eigenvalue weighted by Crippen LogP contribution is -2.48. The average molecular weight is 321 g/mol. The van der Waals surface area contributed by atoms with Crippen molar-refractivity contribution in [1.82, 2.24) is 5.32 Å². The van der Waals surface area contributed by atoms with Gasteiger partial charge in [-0.25, -0.2) is 0 Å². The van der Waals surface area contributed by atoms with E-state index < -0.39 is 17.8 Å². The van der Waals surface area contributed by atoms with Crippen LogP contribution in [0.2, 0.25) is 5.02 Å². The van der Waals surface area contributed by atoms with Crippen LogP contribution in [0.15, 0.2) is 18.2 Å². The first-order valence-corrected chi connectivity index (χ1v) is 7.07. The Labute approximate surface area is 125 Å². The minimum atomic E-state index is -4.50. The molecule has 0 aromatic heterocycles. The number of hydrogen-bond acceptors (Lipinski definition) is 2. The Morgan fingerprint density at radius 1 is 1.38 bits per heavy atom. The van der Waals surface area contributed by atoms with Crippen molar-refractivity contribution in [3.8, 4) is 0 Å². The van der Waals surface area contributed by atoms with Crippen molar-refractivity contribution < 1.29 is 18.0 Å². The summed E-state index contributed by atoms with van der Waals surface area (Å²) in [6, 6.07) is 2.63. The van der Waals surface area contributed by atoms with Crippen molar-refractivity contribution in [3.05, 3.63) is 28.8 Å². The van der Waals surface area contributed by atoms with E-state index in [1.807, 2.05) is 6.92 Å². The number of anilines is 1. The smallest absolute Gasteiger partial charge is 0.325 e. The molecule has 1 aliphatic rings. The minimum absolute atomic E-state index is 0.0550. The quantitative estimate of drug-likeness (QED) is 0.872. The number of alkyl halides is 3. The first kappa shape index (κ1) is 16.1. The molecular weight excluding hydrogens is 305 g/mol. The van der Waals surface area contributed by atoms with Crippen molar-refractivity contribution >= 4 is 23.2 Å². The molecule has 1 heterocycles. The van der Waals surface area contributed by atoms with E-state index in [1.165, 1.54) is 6.07 Å². The Morgan fingerprint density at radius 2 is 2.10 bits per heavy atom. The maximum Gasteiger partial charge on any atom is 0.416 e. The van der Waals surface area contributed by atoms with Gasteiger partial charge in [0.1, 0.15) is 0 Å². The zero-order valence-electron chi connectivity index (χ0n) is 11.4. The van der Waals surface area contributed by atoms with Gasteiger partial charge in [0.05, 0.1) is 11.6 Å². The zero-order valence-corrected chi connectivity index (χ0v) is 12.2. The van der Waals surface area contributed by atoms with Gasteiger partial charge in [-0.15, -0.1) is 0 Å². The number of benzene rings is 1. The van der Waals surface area contributed by atoms with Crippen molar-refractivity contribution in [2.75, 3.05) is 11.9 Å². The summed E-state index contributed by atoms with van der Waals surface area (Å²) in [4.78, 5) is 12.2. The van der Waals surface area contributed by atoms with E-state index >= 15 is 0 Å². The number of piperidine rings is 1. The van der Waals surface area contributed by atoms with Gasteiger partial charge >= 0.3 is 6.18 Å². The fourth-order valence-corrected chi connectivity index (χ4v) is 2.68. The van der Waals surface area contributed by atoms with E-state index in [4.69, 9.17) is 11.6 Å². The summed E-state index contributed by atoms with van der Waals surface area (Å²) in [6.07, 6.45) is -2.60. The monoisotopic (exact) mass is 320 g/mol. The molecule has 0 aliphatic carbocycles. The van der Waals surface area contributed by atoms with Crippen LogP contribution < -0.4 is 10.6 Å². The summed E-state index contributed by atoms with van der Waals surface area (Å²) in [5.74, 6) is -0.197. The van der Waals surface area contributed by atoms with Crippen LogP contribution in [0.3, 0.4) is 0 Å². The molecule has 3 nitrogen and oxygen atoms in total. The predicted octanol–water partition coefficient (Wildman–Crippen LogP) is 3.69. The normalized spacial score (nSPS) is 22.9. The maximum atomic E-state index is 12.7. The van der Waals surface area contributed by atoms with Crippen LogP contribution in [0, 0.1) is 5.92 Å². The number of amides is 1. The van der Waals surface area contributed by atoms with Gasteiger partial charge in [0.25, 0.3) is 0 Å². The SMILES string of the molecule is CC1CCCNC1C(=O)Nc1cc(Cl)cc(C(F)(F)F)c1. The highest BCUT2D eigenvalue weighted by Gasteiger charge is 2.32. The molecule has 0 bridgehead atoms. The van der Waals surface area contributed by atoms with Gasteiger partial charge in [-0.2, -0.15) is 13.2 Å². The minimum Gasteiger partial charge on any atom is -0.325 e. The Kier molecular flexibility index (Phi) is 4.78. The third kappa shape index (κ3) is 4.11. The number of carbonyl (C=O) groups excluding carboxylic acids is 1. The summed E-state index contributed by atoms with van der Waals surface area (Å²) in [6.45, 7) is 2.67. The van der Waals surface area contributed by atoms with Gasteiger partial charge in [-0.3, -0.25) is 4.79 Å². The summed E-state index contributed by atoms with van der Waals surface area (Å²) < 4.78 is 38.2. The predicted molar refractivity (Wildman–Crippen MR) is 75.3 cm³/mol. The summed E-state index contributed by atoms with van der Waals surface area (Å²) in [5.41, 5.74) is -0.825.